The van der Waals surface area contributed by atoms with Gasteiger partial charge in [0, 0.05) is 38.8 Å². The molecule has 0 spiro atoms. The monoisotopic (exact) mass is 346 g/mol. The van der Waals surface area contributed by atoms with Gasteiger partial charge in [-0.25, -0.2) is 0 Å². The van der Waals surface area contributed by atoms with E-state index in [0.29, 0.717) is 22.2 Å². The summed E-state index contributed by atoms with van der Waals surface area (Å²) < 4.78 is 0. The Morgan fingerprint density at radius 3 is 2.70 bits per heavy atom. The molecule has 2 aromatic carbocycles. The molecule has 0 aliphatic heterocycles. The Kier molecular flexibility index (Phi) is 4.60. The van der Waals surface area contributed by atoms with E-state index in [2.05, 4.69) is 10.3 Å². The molecule has 118 valence electrons. The van der Waals surface area contributed by atoms with Crippen LogP contribution in [0.1, 0.15) is 21.6 Å². The van der Waals surface area contributed by atoms with Gasteiger partial charge in [0.05, 0.1) is 0 Å². The van der Waals surface area contributed by atoms with Gasteiger partial charge < -0.3 is 10.3 Å². The Labute approximate surface area is 144 Å². The molecule has 3 rings (SSSR count). The summed E-state index contributed by atoms with van der Waals surface area (Å²) in [4.78, 5) is 15.5. The normalized spacial score (nSPS) is 10.9. The summed E-state index contributed by atoms with van der Waals surface area (Å²) in [5, 5.41) is 5.29. The third-order valence-corrected chi connectivity index (χ3v) is 4.30. The van der Waals surface area contributed by atoms with Crippen LogP contribution in [0.4, 0.5) is 0 Å². The number of hydrogen-bond acceptors (Lipinski definition) is 1. The molecule has 1 amide bonds. The highest BCUT2D eigenvalue weighted by Crippen LogP contribution is 2.25. The number of aromatic amines is 1. The Morgan fingerprint density at radius 1 is 1.13 bits per heavy atom. The van der Waals surface area contributed by atoms with Gasteiger partial charge in [0.2, 0.25) is 0 Å². The number of nitrogens with one attached hydrogen (secondary N) is 2. The molecule has 0 saturated heterocycles. The number of carbonyl (C=O) groups is 1. The van der Waals surface area contributed by atoms with Crippen LogP contribution in [0.3, 0.4) is 0 Å². The number of benzene rings is 2. The van der Waals surface area contributed by atoms with Crippen molar-refractivity contribution in [1.29, 1.82) is 0 Å². The maximum Gasteiger partial charge on any atom is 0.251 e. The van der Waals surface area contributed by atoms with Gasteiger partial charge in [0.15, 0.2) is 0 Å². The van der Waals surface area contributed by atoms with E-state index in [0.717, 1.165) is 23.0 Å². The third kappa shape index (κ3) is 3.52. The molecule has 0 unspecified atom stereocenters. The number of halogens is 2. The molecule has 3 aromatic rings. The summed E-state index contributed by atoms with van der Waals surface area (Å²) in [6, 6.07) is 12.7. The number of H-pyrrole nitrogens is 1. The van der Waals surface area contributed by atoms with Gasteiger partial charge in [-0.05, 0) is 55.3 Å². The molecule has 1 heterocycles. The van der Waals surface area contributed by atoms with Crippen LogP contribution in [0.5, 0.6) is 0 Å². The molecule has 23 heavy (non-hydrogen) atoms. The van der Waals surface area contributed by atoms with Crippen LogP contribution in [0.15, 0.2) is 42.5 Å². The van der Waals surface area contributed by atoms with Crippen molar-refractivity contribution in [1.82, 2.24) is 10.3 Å². The maximum absolute atomic E-state index is 12.1. The number of aryl methyl sites for hydroxylation is 1. The van der Waals surface area contributed by atoms with Crippen molar-refractivity contribution in [3.05, 3.63) is 69.3 Å². The SMILES string of the molecule is Cc1[nH]c2ccc(Cl)cc2c1CCNC(=O)c1cccc(Cl)c1. The summed E-state index contributed by atoms with van der Waals surface area (Å²) in [6.07, 6.45) is 0.735. The van der Waals surface area contributed by atoms with E-state index >= 15 is 0 Å². The number of aromatic nitrogens is 1. The van der Waals surface area contributed by atoms with Gasteiger partial charge >= 0.3 is 0 Å². The highest BCUT2D eigenvalue weighted by atomic mass is 35.5. The lowest BCUT2D eigenvalue weighted by Crippen LogP contribution is -2.25. The molecular formula is C18H16Cl2N2O. The zero-order valence-corrected chi connectivity index (χ0v) is 14.1. The summed E-state index contributed by atoms with van der Waals surface area (Å²) in [6.45, 7) is 2.58. The first kappa shape index (κ1) is 15.9. The molecular weight excluding hydrogens is 331 g/mol. The molecule has 0 bridgehead atoms. The number of hydrogen-bond donors (Lipinski definition) is 2. The average Bonchev–Trinajstić information content (AvgIpc) is 2.83. The fourth-order valence-corrected chi connectivity index (χ4v) is 3.07. The van der Waals surface area contributed by atoms with E-state index < -0.39 is 0 Å². The van der Waals surface area contributed by atoms with Crippen molar-refractivity contribution in [2.24, 2.45) is 0 Å². The van der Waals surface area contributed by atoms with Crippen LogP contribution in [-0.4, -0.2) is 17.4 Å². The van der Waals surface area contributed by atoms with Gasteiger partial charge in [-0.15, -0.1) is 0 Å². The summed E-state index contributed by atoms with van der Waals surface area (Å²) in [7, 11) is 0. The van der Waals surface area contributed by atoms with Crippen LogP contribution in [-0.2, 0) is 6.42 Å². The second kappa shape index (κ2) is 6.65. The summed E-state index contributed by atoms with van der Waals surface area (Å²) >= 11 is 12.0. The van der Waals surface area contributed by atoms with E-state index in [1.54, 1.807) is 24.3 Å². The Hall–Kier alpha value is -1.97. The molecule has 3 nitrogen and oxygen atoms in total. The van der Waals surface area contributed by atoms with E-state index in [1.165, 1.54) is 5.56 Å². The lowest BCUT2D eigenvalue weighted by atomic mass is 10.1. The minimum absolute atomic E-state index is 0.122. The first-order valence-corrected chi connectivity index (χ1v) is 8.10. The molecule has 2 N–H and O–H groups in total. The fraction of sp³-hybridized carbons (Fsp3) is 0.167. The van der Waals surface area contributed by atoms with Gasteiger partial charge in [-0.3, -0.25) is 4.79 Å². The zero-order valence-electron chi connectivity index (χ0n) is 12.6. The third-order valence-electron chi connectivity index (χ3n) is 3.83. The highest BCUT2D eigenvalue weighted by molar-refractivity contribution is 6.31. The van der Waals surface area contributed by atoms with Gasteiger partial charge in [0.1, 0.15) is 0 Å². The fourth-order valence-electron chi connectivity index (χ4n) is 2.71. The number of amides is 1. The molecule has 0 fully saturated rings. The van der Waals surface area contributed by atoms with E-state index in [-0.39, 0.29) is 5.91 Å². The van der Waals surface area contributed by atoms with Crippen LogP contribution >= 0.6 is 23.2 Å². The van der Waals surface area contributed by atoms with Gasteiger partial charge in [-0.2, -0.15) is 0 Å². The predicted molar refractivity (Wildman–Crippen MR) is 95.5 cm³/mol. The summed E-state index contributed by atoms with van der Waals surface area (Å²) in [5.41, 5.74) is 3.90. The molecule has 0 aliphatic carbocycles. The largest absolute Gasteiger partial charge is 0.358 e. The van der Waals surface area contributed by atoms with Crippen LogP contribution in [0, 0.1) is 6.92 Å². The van der Waals surface area contributed by atoms with E-state index in [4.69, 9.17) is 23.2 Å². The Balaban J connectivity index is 1.70. The molecule has 1 aromatic heterocycles. The minimum Gasteiger partial charge on any atom is -0.358 e. The lowest BCUT2D eigenvalue weighted by molar-refractivity contribution is 0.0954. The van der Waals surface area contributed by atoms with Crippen molar-refractivity contribution in [2.45, 2.75) is 13.3 Å². The van der Waals surface area contributed by atoms with Crippen LogP contribution < -0.4 is 5.32 Å². The molecule has 0 radical (unpaired) electrons. The summed E-state index contributed by atoms with van der Waals surface area (Å²) in [5.74, 6) is -0.122. The zero-order chi connectivity index (χ0) is 16.4. The van der Waals surface area contributed by atoms with E-state index in [9.17, 15) is 4.79 Å². The maximum atomic E-state index is 12.1. The Morgan fingerprint density at radius 2 is 1.91 bits per heavy atom. The number of carbonyl (C=O) groups excluding carboxylic acids is 1. The first-order valence-electron chi connectivity index (χ1n) is 7.35. The highest BCUT2D eigenvalue weighted by Gasteiger charge is 2.10. The van der Waals surface area contributed by atoms with Gasteiger partial charge in [0.25, 0.3) is 5.91 Å². The lowest BCUT2D eigenvalue weighted by Gasteiger charge is -2.06. The molecule has 0 aliphatic rings. The standard InChI is InChI=1S/C18H16Cl2N2O/c1-11-15(16-10-14(20)5-6-17(16)22-11)7-8-21-18(23)12-3-2-4-13(19)9-12/h2-6,9-10,22H,7-8H2,1H3,(H,21,23). The minimum atomic E-state index is -0.122. The van der Waals surface area contributed by atoms with Crippen molar-refractivity contribution >= 4 is 40.0 Å². The van der Waals surface area contributed by atoms with Crippen LogP contribution in [0.25, 0.3) is 10.9 Å². The molecule has 0 atom stereocenters. The average molecular weight is 347 g/mol. The van der Waals surface area contributed by atoms with Crippen molar-refractivity contribution in [3.63, 3.8) is 0 Å². The number of rotatable bonds is 4. The van der Waals surface area contributed by atoms with Crippen molar-refractivity contribution < 1.29 is 4.79 Å². The van der Waals surface area contributed by atoms with Crippen molar-refractivity contribution in [3.8, 4) is 0 Å². The molecule has 0 saturated carbocycles. The van der Waals surface area contributed by atoms with Gasteiger partial charge in [-0.1, -0.05) is 29.3 Å². The van der Waals surface area contributed by atoms with Crippen LogP contribution in [0.2, 0.25) is 10.0 Å². The quantitative estimate of drug-likeness (QED) is 0.702. The molecule has 5 heteroatoms. The second-order valence-corrected chi connectivity index (χ2v) is 6.31. The topological polar surface area (TPSA) is 44.9 Å². The first-order chi connectivity index (χ1) is 11.0. The predicted octanol–water partition coefficient (Wildman–Crippen LogP) is 4.76. The smallest absolute Gasteiger partial charge is 0.251 e. The second-order valence-electron chi connectivity index (χ2n) is 5.43. The van der Waals surface area contributed by atoms with Crippen molar-refractivity contribution in [2.75, 3.05) is 6.54 Å². The Bertz CT molecular complexity index is 871. The van der Waals surface area contributed by atoms with E-state index in [1.807, 2.05) is 25.1 Å². The number of fused-ring (bicyclic) bond motifs is 1.